The number of aromatic amines is 1. The number of hydrogen-bond donors (Lipinski definition) is 2. The summed E-state index contributed by atoms with van der Waals surface area (Å²) in [5.41, 5.74) is 1.97. The molecule has 2 rings (SSSR count). The Hall–Kier alpha value is -1.66. The van der Waals surface area contributed by atoms with Crippen molar-refractivity contribution in [3.8, 4) is 0 Å². The van der Waals surface area contributed by atoms with Gasteiger partial charge in [-0.3, -0.25) is 0 Å². The highest BCUT2D eigenvalue weighted by Crippen LogP contribution is 2.02. The second-order valence-corrected chi connectivity index (χ2v) is 6.62. The number of aryl methyl sites for hydroxylation is 2. The Morgan fingerprint density at radius 2 is 1.95 bits per heavy atom. The smallest absolute Gasteiger partial charge is 0.211 e. The lowest BCUT2D eigenvalue weighted by atomic mass is 10.2. The molecule has 0 aliphatic carbocycles. The summed E-state index contributed by atoms with van der Waals surface area (Å²) in [6.45, 7) is 2.26. The van der Waals surface area contributed by atoms with E-state index in [0.717, 1.165) is 17.1 Å². The molecule has 0 unspecified atom stereocenters. The van der Waals surface area contributed by atoms with E-state index in [1.807, 2.05) is 37.3 Å². The Bertz CT molecular complexity index is 635. The number of hydrogen-bond acceptors (Lipinski definition) is 3. The summed E-state index contributed by atoms with van der Waals surface area (Å²) in [6.07, 6.45) is 2.87. The number of rotatable bonds is 7. The highest BCUT2D eigenvalue weighted by atomic mass is 32.2. The van der Waals surface area contributed by atoms with Crippen molar-refractivity contribution >= 4 is 10.0 Å². The molecule has 0 fully saturated rings. The van der Waals surface area contributed by atoms with Crippen LogP contribution in [0.3, 0.4) is 0 Å². The lowest BCUT2D eigenvalue weighted by molar-refractivity contribution is 0.580. The van der Waals surface area contributed by atoms with Gasteiger partial charge >= 0.3 is 0 Å². The quantitative estimate of drug-likeness (QED) is 0.811. The molecule has 108 valence electrons. The first-order valence-corrected chi connectivity index (χ1v) is 8.22. The Morgan fingerprint density at radius 3 is 2.60 bits per heavy atom. The van der Waals surface area contributed by atoms with Crippen LogP contribution < -0.4 is 4.72 Å². The molecule has 0 aliphatic rings. The molecular weight excluding hydrogens is 274 g/mol. The zero-order valence-electron chi connectivity index (χ0n) is 11.5. The zero-order valence-corrected chi connectivity index (χ0v) is 12.3. The van der Waals surface area contributed by atoms with Gasteiger partial charge in [0, 0.05) is 24.9 Å². The number of aromatic nitrogens is 2. The number of benzene rings is 1. The van der Waals surface area contributed by atoms with E-state index in [1.54, 1.807) is 6.20 Å². The van der Waals surface area contributed by atoms with Gasteiger partial charge in [0.25, 0.3) is 0 Å². The molecular formula is C14H19N3O2S. The van der Waals surface area contributed by atoms with Gasteiger partial charge in [0.1, 0.15) is 5.82 Å². The van der Waals surface area contributed by atoms with Crippen LogP contribution in [-0.4, -0.2) is 30.7 Å². The van der Waals surface area contributed by atoms with Crippen LogP contribution in [0, 0.1) is 6.92 Å². The van der Waals surface area contributed by atoms with Crippen LogP contribution >= 0.6 is 0 Å². The Labute approximate surface area is 119 Å². The van der Waals surface area contributed by atoms with Crippen molar-refractivity contribution < 1.29 is 8.42 Å². The summed E-state index contributed by atoms with van der Waals surface area (Å²) in [5.74, 6) is 0.950. The van der Waals surface area contributed by atoms with Crippen LogP contribution in [0.15, 0.2) is 36.5 Å². The van der Waals surface area contributed by atoms with Crippen LogP contribution in [0.1, 0.15) is 17.1 Å². The molecule has 5 nitrogen and oxygen atoms in total. The van der Waals surface area contributed by atoms with E-state index in [4.69, 9.17) is 0 Å². The van der Waals surface area contributed by atoms with Gasteiger partial charge in [0.15, 0.2) is 0 Å². The first-order chi connectivity index (χ1) is 9.55. The van der Waals surface area contributed by atoms with Crippen molar-refractivity contribution in [2.24, 2.45) is 0 Å². The fourth-order valence-corrected chi connectivity index (χ4v) is 2.97. The molecule has 0 atom stereocenters. The summed E-state index contributed by atoms with van der Waals surface area (Å²) < 4.78 is 26.3. The molecule has 2 N–H and O–H groups in total. The van der Waals surface area contributed by atoms with Gasteiger partial charge in [0.05, 0.1) is 5.75 Å². The highest BCUT2D eigenvalue weighted by Gasteiger charge is 2.10. The van der Waals surface area contributed by atoms with Crippen molar-refractivity contribution in [2.75, 3.05) is 12.3 Å². The van der Waals surface area contributed by atoms with Crippen LogP contribution in [0.2, 0.25) is 0 Å². The largest absolute Gasteiger partial charge is 0.346 e. The van der Waals surface area contributed by atoms with E-state index in [1.165, 1.54) is 0 Å². The van der Waals surface area contributed by atoms with Crippen molar-refractivity contribution in [1.29, 1.82) is 0 Å². The first kappa shape index (κ1) is 14.7. The predicted molar refractivity (Wildman–Crippen MR) is 79.0 cm³/mol. The Balaban J connectivity index is 1.76. The Morgan fingerprint density at radius 1 is 1.20 bits per heavy atom. The lowest BCUT2D eigenvalue weighted by Gasteiger charge is -2.06. The summed E-state index contributed by atoms with van der Waals surface area (Å²) in [4.78, 5) is 7.15. The van der Waals surface area contributed by atoms with Crippen LogP contribution in [0.4, 0.5) is 0 Å². The molecule has 0 saturated heterocycles. The third-order valence-corrected chi connectivity index (χ3v) is 4.36. The van der Waals surface area contributed by atoms with Crippen molar-refractivity contribution in [1.82, 2.24) is 14.7 Å². The van der Waals surface area contributed by atoms with E-state index < -0.39 is 10.0 Å². The van der Waals surface area contributed by atoms with Gasteiger partial charge in [-0.25, -0.2) is 18.1 Å². The standard InChI is InChI=1S/C14H19N3O2S/c1-12-15-11-14(17-12)7-9-16-20(18,19)10-8-13-5-3-2-4-6-13/h2-6,11,16H,7-10H2,1H3,(H,15,17). The maximum atomic E-state index is 11.9. The Kier molecular flexibility index (Phi) is 4.92. The molecule has 0 spiro atoms. The average Bonchev–Trinajstić information content (AvgIpc) is 2.83. The molecule has 6 heteroatoms. The predicted octanol–water partition coefficient (Wildman–Crippen LogP) is 1.42. The lowest BCUT2D eigenvalue weighted by Crippen LogP contribution is -2.29. The zero-order chi connectivity index (χ0) is 14.4. The number of sulfonamides is 1. The van der Waals surface area contributed by atoms with Gasteiger partial charge in [-0.05, 0) is 18.9 Å². The molecule has 0 bridgehead atoms. The molecule has 1 heterocycles. The molecule has 1 aromatic carbocycles. The SMILES string of the molecule is Cc1ncc(CCNS(=O)(=O)CCc2ccccc2)[nH]1. The number of nitrogens with zero attached hydrogens (tertiary/aromatic N) is 1. The van der Waals surface area contributed by atoms with Gasteiger partial charge in [0.2, 0.25) is 10.0 Å². The van der Waals surface area contributed by atoms with Gasteiger partial charge in [-0.2, -0.15) is 0 Å². The van der Waals surface area contributed by atoms with Crippen LogP contribution in [0.25, 0.3) is 0 Å². The first-order valence-electron chi connectivity index (χ1n) is 6.57. The minimum Gasteiger partial charge on any atom is -0.346 e. The molecule has 0 aliphatic heterocycles. The van der Waals surface area contributed by atoms with Gasteiger partial charge in [-0.15, -0.1) is 0 Å². The van der Waals surface area contributed by atoms with E-state index in [-0.39, 0.29) is 5.75 Å². The fraction of sp³-hybridized carbons (Fsp3) is 0.357. The van der Waals surface area contributed by atoms with Gasteiger partial charge in [-0.1, -0.05) is 30.3 Å². The number of nitrogens with one attached hydrogen (secondary N) is 2. The van der Waals surface area contributed by atoms with Crippen LogP contribution in [0.5, 0.6) is 0 Å². The minimum atomic E-state index is -3.23. The molecule has 0 amide bonds. The summed E-state index contributed by atoms with van der Waals surface area (Å²) in [6, 6.07) is 9.61. The second kappa shape index (κ2) is 6.67. The third kappa shape index (κ3) is 4.79. The summed E-state index contributed by atoms with van der Waals surface area (Å²) >= 11 is 0. The molecule has 0 saturated carbocycles. The van der Waals surface area contributed by atoms with E-state index in [0.29, 0.717) is 19.4 Å². The molecule has 1 aromatic heterocycles. The van der Waals surface area contributed by atoms with Crippen molar-refractivity contribution in [3.05, 3.63) is 53.6 Å². The molecule has 0 radical (unpaired) electrons. The second-order valence-electron chi connectivity index (χ2n) is 4.69. The van der Waals surface area contributed by atoms with E-state index >= 15 is 0 Å². The molecule has 20 heavy (non-hydrogen) atoms. The maximum absolute atomic E-state index is 11.9. The summed E-state index contributed by atoms with van der Waals surface area (Å²) in [7, 11) is -3.23. The number of H-pyrrole nitrogens is 1. The van der Waals surface area contributed by atoms with E-state index in [9.17, 15) is 8.42 Å². The van der Waals surface area contributed by atoms with E-state index in [2.05, 4.69) is 14.7 Å². The fourth-order valence-electron chi connectivity index (χ4n) is 1.91. The third-order valence-electron chi connectivity index (χ3n) is 2.97. The topological polar surface area (TPSA) is 74.8 Å². The van der Waals surface area contributed by atoms with Crippen molar-refractivity contribution in [3.63, 3.8) is 0 Å². The van der Waals surface area contributed by atoms with Crippen LogP contribution in [-0.2, 0) is 22.9 Å². The normalized spacial score (nSPS) is 11.7. The number of imidazole rings is 1. The monoisotopic (exact) mass is 293 g/mol. The average molecular weight is 293 g/mol. The highest BCUT2D eigenvalue weighted by molar-refractivity contribution is 7.89. The summed E-state index contributed by atoms with van der Waals surface area (Å²) in [5, 5.41) is 0. The van der Waals surface area contributed by atoms with Crippen molar-refractivity contribution in [2.45, 2.75) is 19.8 Å². The maximum Gasteiger partial charge on any atom is 0.211 e. The minimum absolute atomic E-state index is 0.110. The molecule has 2 aromatic rings. The van der Waals surface area contributed by atoms with Gasteiger partial charge < -0.3 is 4.98 Å².